The van der Waals surface area contributed by atoms with E-state index < -0.39 is 0 Å². The minimum absolute atomic E-state index is 0.0358. The molecule has 0 aliphatic heterocycles. The Labute approximate surface area is 119 Å². The van der Waals surface area contributed by atoms with Crippen molar-refractivity contribution in [2.24, 2.45) is 0 Å². The zero-order valence-electron chi connectivity index (χ0n) is 10.6. The first-order chi connectivity index (χ1) is 8.97. The van der Waals surface area contributed by atoms with E-state index in [1.54, 1.807) is 30.5 Å². The summed E-state index contributed by atoms with van der Waals surface area (Å²) in [6.07, 6.45) is 1.62. The molecule has 5 heteroatoms. The minimum Gasteiger partial charge on any atom is -0.507 e. The van der Waals surface area contributed by atoms with Gasteiger partial charge in [-0.1, -0.05) is 6.07 Å². The zero-order chi connectivity index (χ0) is 14.0. The lowest BCUT2D eigenvalue weighted by Crippen LogP contribution is -2.13. The van der Waals surface area contributed by atoms with E-state index in [1.807, 2.05) is 13.8 Å². The summed E-state index contributed by atoms with van der Waals surface area (Å²) in [4.78, 5) is 16.1. The van der Waals surface area contributed by atoms with Gasteiger partial charge in [0.05, 0.1) is 5.56 Å². The molecule has 1 amide bonds. The number of anilines is 1. The first-order valence-corrected chi connectivity index (χ1v) is 6.50. The van der Waals surface area contributed by atoms with Crippen LogP contribution >= 0.6 is 15.9 Å². The second kappa shape index (κ2) is 5.40. The van der Waals surface area contributed by atoms with Crippen molar-refractivity contribution in [1.29, 1.82) is 0 Å². The van der Waals surface area contributed by atoms with Gasteiger partial charge in [0.25, 0.3) is 5.91 Å². The normalized spacial score (nSPS) is 10.3. The van der Waals surface area contributed by atoms with Crippen LogP contribution in [0.4, 0.5) is 5.82 Å². The van der Waals surface area contributed by atoms with Gasteiger partial charge in [0.15, 0.2) is 0 Å². The van der Waals surface area contributed by atoms with Gasteiger partial charge in [-0.25, -0.2) is 4.98 Å². The summed E-state index contributed by atoms with van der Waals surface area (Å²) in [6.45, 7) is 3.76. The molecule has 0 spiro atoms. The lowest BCUT2D eigenvalue weighted by molar-refractivity contribution is 0.102. The summed E-state index contributed by atoms with van der Waals surface area (Å²) >= 11 is 3.34. The number of carbonyl (C=O) groups is 1. The van der Waals surface area contributed by atoms with Crippen LogP contribution in [0.1, 0.15) is 21.5 Å². The number of benzene rings is 1. The predicted octanol–water partition coefficient (Wildman–Crippen LogP) is 3.42. The number of aromatic nitrogens is 1. The van der Waals surface area contributed by atoms with Crippen LogP contribution in [-0.4, -0.2) is 16.0 Å². The van der Waals surface area contributed by atoms with E-state index in [0.29, 0.717) is 5.82 Å². The van der Waals surface area contributed by atoms with Crippen LogP contribution in [-0.2, 0) is 0 Å². The molecular formula is C14H13BrN2O2. The average Bonchev–Trinajstić information content (AvgIpc) is 2.33. The zero-order valence-corrected chi connectivity index (χ0v) is 12.2. The van der Waals surface area contributed by atoms with Gasteiger partial charge in [0, 0.05) is 10.7 Å². The van der Waals surface area contributed by atoms with Crippen molar-refractivity contribution in [3.8, 4) is 5.75 Å². The Morgan fingerprint density at radius 2 is 2.05 bits per heavy atom. The molecule has 0 atom stereocenters. The number of aromatic hydroxyl groups is 1. The molecule has 0 saturated heterocycles. The Bertz CT molecular complexity index is 641. The quantitative estimate of drug-likeness (QED) is 0.891. The molecule has 4 nitrogen and oxygen atoms in total. The Hall–Kier alpha value is -1.88. The minimum atomic E-state index is -0.383. The lowest BCUT2D eigenvalue weighted by atomic mass is 10.1. The number of hydrogen-bond donors (Lipinski definition) is 2. The number of phenols is 1. The van der Waals surface area contributed by atoms with Gasteiger partial charge in [-0.3, -0.25) is 4.79 Å². The molecule has 19 heavy (non-hydrogen) atoms. The van der Waals surface area contributed by atoms with Gasteiger partial charge in [-0.05, 0) is 59.1 Å². The van der Waals surface area contributed by atoms with E-state index in [1.165, 1.54) is 0 Å². The predicted molar refractivity (Wildman–Crippen MR) is 77.5 cm³/mol. The third-order valence-corrected chi connectivity index (χ3v) is 3.52. The van der Waals surface area contributed by atoms with E-state index in [-0.39, 0.29) is 17.2 Å². The van der Waals surface area contributed by atoms with Crippen molar-refractivity contribution in [2.45, 2.75) is 13.8 Å². The second-order valence-electron chi connectivity index (χ2n) is 4.29. The highest BCUT2D eigenvalue weighted by Crippen LogP contribution is 2.21. The van der Waals surface area contributed by atoms with Gasteiger partial charge in [-0.15, -0.1) is 0 Å². The number of halogens is 1. The second-order valence-corrected chi connectivity index (χ2v) is 5.15. The first kappa shape index (κ1) is 13.5. The van der Waals surface area contributed by atoms with Crippen molar-refractivity contribution in [2.75, 3.05) is 5.32 Å². The van der Waals surface area contributed by atoms with Crippen molar-refractivity contribution < 1.29 is 9.90 Å². The largest absolute Gasteiger partial charge is 0.507 e. The maximum atomic E-state index is 12.0. The molecule has 98 valence electrons. The highest BCUT2D eigenvalue weighted by Gasteiger charge is 2.12. The highest BCUT2D eigenvalue weighted by atomic mass is 79.9. The maximum absolute atomic E-state index is 12.0. The number of nitrogens with one attached hydrogen (secondary N) is 1. The molecule has 0 fully saturated rings. The fraction of sp³-hybridized carbons (Fsp3) is 0.143. The van der Waals surface area contributed by atoms with Crippen molar-refractivity contribution >= 4 is 27.7 Å². The first-order valence-electron chi connectivity index (χ1n) is 5.70. The molecule has 1 aromatic carbocycles. The number of aryl methyl sites for hydroxylation is 2. The molecule has 2 N–H and O–H groups in total. The number of nitrogens with zero attached hydrogens (tertiary/aromatic N) is 1. The number of phenolic OH excluding ortho intramolecular Hbond substituents is 1. The maximum Gasteiger partial charge on any atom is 0.260 e. The molecule has 0 aliphatic rings. The van der Waals surface area contributed by atoms with Crippen LogP contribution in [0.25, 0.3) is 0 Å². The molecule has 0 unspecified atom stereocenters. The summed E-state index contributed by atoms with van der Waals surface area (Å²) in [5.41, 5.74) is 2.10. The Kier molecular flexibility index (Phi) is 3.85. The van der Waals surface area contributed by atoms with Crippen LogP contribution in [0, 0.1) is 13.8 Å². The fourth-order valence-corrected chi connectivity index (χ4v) is 1.84. The SMILES string of the molecule is Cc1ccc(C(=O)Nc2cc(C)c(Br)cn2)c(O)c1. The average molecular weight is 321 g/mol. The third-order valence-electron chi connectivity index (χ3n) is 2.69. The standard InChI is InChI=1S/C14H13BrN2O2/c1-8-3-4-10(12(18)5-8)14(19)17-13-6-9(2)11(15)7-16-13/h3-7,18H,1-2H3,(H,16,17,19). The Morgan fingerprint density at radius 3 is 2.68 bits per heavy atom. The number of amides is 1. The summed E-state index contributed by atoms with van der Waals surface area (Å²) in [5, 5.41) is 12.4. The Balaban J connectivity index is 2.23. The molecular weight excluding hydrogens is 308 g/mol. The molecule has 0 radical (unpaired) electrons. The molecule has 1 aromatic heterocycles. The van der Waals surface area contributed by atoms with E-state index >= 15 is 0 Å². The topological polar surface area (TPSA) is 62.2 Å². The van der Waals surface area contributed by atoms with E-state index in [2.05, 4.69) is 26.2 Å². The van der Waals surface area contributed by atoms with E-state index in [9.17, 15) is 9.90 Å². The monoisotopic (exact) mass is 320 g/mol. The third kappa shape index (κ3) is 3.12. The van der Waals surface area contributed by atoms with E-state index in [4.69, 9.17) is 0 Å². The summed E-state index contributed by atoms with van der Waals surface area (Å²) in [7, 11) is 0. The van der Waals surface area contributed by atoms with Crippen LogP contribution < -0.4 is 5.32 Å². The van der Waals surface area contributed by atoms with Gasteiger partial charge in [0.1, 0.15) is 11.6 Å². The molecule has 2 aromatic rings. The van der Waals surface area contributed by atoms with Gasteiger partial charge in [0.2, 0.25) is 0 Å². The van der Waals surface area contributed by atoms with Gasteiger partial charge in [-0.2, -0.15) is 0 Å². The van der Waals surface area contributed by atoms with E-state index in [0.717, 1.165) is 15.6 Å². The molecule has 0 aliphatic carbocycles. The number of rotatable bonds is 2. The molecule has 1 heterocycles. The fourth-order valence-electron chi connectivity index (χ4n) is 1.63. The van der Waals surface area contributed by atoms with Gasteiger partial charge >= 0.3 is 0 Å². The Morgan fingerprint density at radius 1 is 1.32 bits per heavy atom. The summed E-state index contributed by atoms with van der Waals surface area (Å²) < 4.78 is 0.878. The van der Waals surface area contributed by atoms with Crippen LogP contribution in [0.3, 0.4) is 0 Å². The van der Waals surface area contributed by atoms with Crippen molar-refractivity contribution in [3.05, 3.63) is 51.6 Å². The molecule has 0 saturated carbocycles. The summed E-state index contributed by atoms with van der Waals surface area (Å²) in [5.74, 6) is 0.0312. The van der Waals surface area contributed by atoms with Crippen molar-refractivity contribution in [3.63, 3.8) is 0 Å². The van der Waals surface area contributed by atoms with Crippen LogP contribution in [0.15, 0.2) is 34.9 Å². The number of pyridine rings is 1. The number of carbonyl (C=O) groups excluding carboxylic acids is 1. The van der Waals surface area contributed by atoms with Crippen molar-refractivity contribution in [1.82, 2.24) is 4.98 Å². The van der Waals surface area contributed by atoms with Crippen LogP contribution in [0.2, 0.25) is 0 Å². The smallest absolute Gasteiger partial charge is 0.260 e. The van der Waals surface area contributed by atoms with Crippen LogP contribution in [0.5, 0.6) is 5.75 Å². The molecule has 2 rings (SSSR count). The summed E-state index contributed by atoms with van der Waals surface area (Å²) in [6, 6.07) is 6.67. The van der Waals surface area contributed by atoms with Gasteiger partial charge < -0.3 is 10.4 Å². The molecule has 0 bridgehead atoms. The number of hydrogen-bond acceptors (Lipinski definition) is 3. The lowest BCUT2D eigenvalue weighted by Gasteiger charge is -2.08. The highest BCUT2D eigenvalue weighted by molar-refractivity contribution is 9.10.